The van der Waals surface area contributed by atoms with Crippen LogP contribution in [0.2, 0.25) is 0 Å². The summed E-state index contributed by atoms with van der Waals surface area (Å²) in [6, 6.07) is 0. The maximum Gasteiger partial charge on any atom is 0.276 e. The maximum atomic E-state index is 11.2. The molecule has 1 saturated heterocycles. The highest BCUT2D eigenvalue weighted by molar-refractivity contribution is 8.01. The lowest BCUT2D eigenvalue weighted by Crippen LogP contribution is -2.36. The molecular formula is C7H8N2O2S. The Morgan fingerprint density at radius 3 is 2.42 bits per heavy atom. The topological polar surface area (TPSA) is 63.4 Å². The van der Waals surface area contributed by atoms with E-state index in [1.165, 1.54) is 11.8 Å². The second-order valence-corrected chi connectivity index (χ2v) is 2.93. The molecule has 0 aromatic rings. The molecule has 64 valence electrons. The van der Waals surface area contributed by atoms with Crippen molar-refractivity contribution in [2.75, 3.05) is 6.26 Å². The number of carbonyl (C=O) groups is 2. The Hall–Kier alpha value is -1.07. The molecule has 0 unspecified atom stereocenters. The molecule has 1 heterocycles. The molecule has 0 bridgehead atoms. The maximum absolute atomic E-state index is 11.2. The Morgan fingerprint density at radius 1 is 1.50 bits per heavy atom. The first-order chi connectivity index (χ1) is 5.59. The molecular weight excluding hydrogens is 176 g/mol. The zero-order valence-corrected chi connectivity index (χ0v) is 7.35. The number of hydrazine groups is 1. The van der Waals surface area contributed by atoms with E-state index in [2.05, 4.69) is 6.58 Å². The van der Waals surface area contributed by atoms with E-state index < -0.39 is 11.8 Å². The summed E-state index contributed by atoms with van der Waals surface area (Å²) < 4.78 is 0. The Bertz CT molecular complexity index is 296. The molecule has 5 heteroatoms. The molecule has 2 amide bonds. The van der Waals surface area contributed by atoms with E-state index in [-0.39, 0.29) is 11.1 Å². The molecule has 0 aliphatic carbocycles. The van der Waals surface area contributed by atoms with Crippen molar-refractivity contribution in [1.82, 2.24) is 5.01 Å². The van der Waals surface area contributed by atoms with E-state index in [4.69, 9.17) is 5.84 Å². The van der Waals surface area contributed by atoms with Crippen LogP contribution in [0, 0.1) is 0 Å². The number of hydrogen-bond donors (Lipinski definition) is 1. The van der Waals surface area contributed by atoms with E-state index in [1.54, 1.807) is 11.7 Å². The van der Waals surface area contributed by atoms with Gasteiger partial charge in [-0.15, -0.1) is 11.8 Å². The van der Waals surface area contributed by atoms with Gasteiger partial charge in [0.05, 0.1) is 5.57 Å². The van der Waals surface area contributed by atoms with Gasteiger partial charge in [-0.05, 0) is 11.7 Å². The Balaban J connectivity index is 3.08. The van der Waals surface area contributed by atoms with Crippen molar-refractivity contribution in [3.63, 3.8) is 0 Å². The fraction of sp³-hybridized carbons (Fsp3) is 0.143. The molecule has 4 nitrogen and oxygen atoms in total. The van der Waals surface area contributed by atoms with Crippen LogP contribution >= 0.6 is 11.8 Å². The minimum absolute atomic E-state index is 0.164. The number of nitrogens with two attached hydrogens (primary N) is 1. The molecule has 1 aliphatic rings. The van der Waals surface area contributed by atoms with Gasteiger partial charge in [0.15, 0.2) is 0 Å². The summed E-state index contributed by atoms with van der Waals surface area (Å²) in [5.41, 5.74) is 0.451. The van der Waals surface area contributed by atoms with Crippen LogP contribution in [0.25, 0.3) is 0 Å². The van der Waals surface area contributed by atoms with Gasteiger partial charge in [-0.25, -0.2) is 10.9 Å². The van der Waals surface area contributed by atoms with Gasteiger partial charge in [-0.1, -0.05) is 6.58 Å². The normalized spacial score (nSPS) is 21.3. The molecule has 1 aliphatic heterocycles. The van der Waals surface area contributed by atoms with Crippen molar-refractivity contribution < 1.29 is 9.59 Å². The van der Waals surface area contributed by atoms with Gasteiger partial charge in [0.25, 0.3) is 11.8 Å². The van der Waals surface area contributed by atoms with Crippen molar-refractivity contribution in [1.29, 1.82) is 0 Å². The highest BCUT2D eigenvalue weighted by Crippen LogP contribution is 2.22. The number of amides is 2. The van der Waals surface area contributed by atoms with E-state index in [9.17, 15) is 9.59 Å². The van der Waals surface area contributed by atoms with Crippen molar-refractivity contribution >= 4 is 23.6 Å². The number of hydrogen-bond acceptors (Lipinski definition) is 4. The zero-order chi connectivity index (χ0) is 9.30. The third-order valence-corrected chi connectivity index (χ3v) is 1.96. The molecule has 0 aromatic carbocycles. The zero-order valence-electron chi connectivity index (χ0n) is 6.53. The second kappa shape index (κ2) is 3.12. The monoisotopic (exact) mass is 184 g/mol. The van der Waals surface area contributed by atoms with Crippen molar-refractivity contribution in [3.05, 3.63) is 23.1 Å². The lowest BCUT2D eigenvalue weighted by atomic mass is 10.2. The van der Waals surface area contributed by atoms with E-state index in [0.717, 1.165) is 0 Å². The smallest absolute Gasteiger partial charge is 0.267 e. The molecule has 1 fully saturated rings. The first-order valence-electron chi connectivity index (χ1n) is 3.15. The van der Waals surface area contributed by atoms with Gasteiger partial charge < -0.3 is 0 Å². The fourth-order valence-electron chi connectivity index (χ4n) is 0.851. The first kappa shape index (κ1) is 9.02. The summed E-state index contributed by atoms with van der Waals surface area (Å²) >= 11 is 1.33. The first-order valence-corrected chi connectivity index (χ1v) is 4.44. The van der Waals surface area contributed by atoms with Crippen LogP contribution in [-0.2, 0) is 9.59 Å². The van der Waals surface area contributed by atoms with Crippen LogP contribution in [-0.4, -0.2) is 23.1 Å². The molecule has 0 spiro atoms. The molecule has 12 heavy (non-hydrogen) atoms. The third-order valence-electron chi connectivity index (χ3n) is 1.49. The largest absolute Gasteiger partial charge is 0.276 e. The Kier molecular flexibility index (Phi) is 2.35. The number of nitrogens with zero attached hydrogens (tertiary/aromatic N) is 1. The van der Waals surface area contributed by atoms with Gasteiger partial charge in [0.1, 0.15) is 0 Å². The summed E-state index contributed by atoms with van der Waals surface area (Å²) in [5, 5.41) is 2.14. The SMILES string of the molecule is C=C1C(=O)N(N)C(=O)/C1=C/SC. The third kappa shape index (κ3) is 1.17. The summed E-state index contributed by atoms with van der Waals surface area (Å²) in [7, 11) is 0. The van der Waals surface area contributed by atoms with Crippen LogP contribution in [0.5, 0.6) is 0 Å². The molecule has 1 rings (SSSR count). The molecule has 0 saturated carbocycles. The van der Waals surface area contributed by atoms with Gasteiger partial charge in [-0.2, -0.15) is 0 Å². The van der Waals surface area contributed by atoms with Crippen LogP contribution in [0.15, 0.2) is 23.1 Å². The van der Waals surface area contributed by atoms with E-state index in [0.29, 0.717) is 5.01 Å². The Labute approximate surface area is 74.1 Å². The van der Waals surface area contributed by atoms with Crippen molar-refractivity contribution in [2.45, 2.75) is 0 Å². The predicted molar refractivity (Wildman–Crippen MR) is 46.8 cm³/mol. The van der Waals surface area contributed by atoms with Crippen LogP contribution in [0.4, 0.5) is 0 Å². The number of rotatable bonds is 1. The van der Waals surface area contributed by atoms with Gasteiger partial charge in [0.2, 0.25) is 0 Å². The summed E-state index contributed by atoms with van der Waals surface area (Å²) in [5.74, 6) is 4.14. The lowest BCUT2D eigenvalue weighted by Gasteiger charge is -2.00. The highest BCUT2D eigenvalue weighted by atomic mass is 32.2. The fourth-order valence-corrected chi connectivity index (χ4v) is 1.33. The van der Waals surface area contributed by atoms with Crippen LogP contribution < -0.4 is 5.84 Å². The number of carbonyl (C=O) groups excluding carboxylic acids is 2. The lowest BCUT2D eigenvalue weighted by molar-refractivity contribution is -0.136. The van der Waals surface area contributed by atoms with Gasteiger partial charge in [-0.3, -0.25) is 9.59 Å². The van der Waals surface area contributed by atoms with Crippen molar-refractivity contribution in [3.8, 4) is 0 Å². The molecule has 0 atom stereocenters. The highest BCUT2D eigenvalue weighted by Gasteiger charge is 2.35. The van der Waals surface area contributed by atoms with Gasteiger partial charge >= 0.3 is 0 Å². The number of thioether (sulfide) groups is 1. The van der Waals surface area contributed by atoms with Crippen molar-refractivity contribution in [2.24, 2.45) is 5.84 Å². The molecule has 2 N–H and O–H groups in total. The van der Waals surface area contributed by atoms with E-state index >= 15 is 0 Å². The minimum atomic E-state index is -0.528. The average molecular weight is 184 g/mol. The standard InChI is InChI=1S/C7H8N2O2S/c1-4-5(3-12-2)7(11)9(8)6(4)10/h3H,1,8H2,2H3/b5-3+. The predicted octanol–water partition coefficient (Wildman–Crippen LogP) is 0.0320. The quantitative estimate of drug-likeness (QED) is 0.270. The summed E-state index contributed by atoms with van der Waals surface area (Å²) in [6.45, 7) is 3.46. The van der Waals surface area contributed by atoms with E-state index in [1.807, 2.05) is 0 Å². The molecule has 0 aromatic heterocycles. The summed E-state index contributed by atoms with van der Waals surface area (Å²) in [6.07, 6.45) is 1.79. The van der Waals surface area contributed by atoms with Crippen LogP contribution in [0.3, 0.4) is 0 Å². The van der Waals surface area contributed by atoms with Gasteiger partial charge in [0, 0.05) is 5.57 Å². The van der Waals surface area contributed by atoms with Crippen LogP contribution in [0.1, 0.15) is 0 Å². The molecule has 0 radical (unpaired) electrons. The average Bonchev–Trinajstić information content (AvgIpc) is 2.23. The second-order valence-electron chi connectivity index (χ2n) is 2.23. The number of imide groups is 1. The minimum Gasteiger partial charge on any atom is -0.267 e. The Morgan fingerprint density at radius 2 is 2.08 bits per heavy atom. The summed E-state index contributed by atoms with van der Waals surface area (Å²) in [4.78, 5) is 22.2.